The summed E-state index contributed by atoms with van der Waals surface area (Å²) >= 11 is 0. The molecule has 0 aliphatic heterocycles. The van der Waals surface area contributed by atoms with Crippen LogP contribution >= 0.6 is 0 Å². The molecule has 4 rings (SSSR count). The molecule has 0 saturated heterocycles. The number of amides is 1. The Bertz CT molecular complexity index is 1460. The van der Waals surface area contributed by atoms with Gasteiger partial charge in [0.2, 0.25) is 15.9 Å². The second-order valence-corrected chi connectivity index (χ2v) is 10.4. The van der Waals surface area contributed by atoms with Gasteiger partial charge in [0.05, 0.1) is 11.9 Å². The van der Waals surface area contributed by atoms with Gasteiger partial charge in [0.15, 0.2) is 5.75 Å². The minimum Gasteiger partial charge on any atom is -0.489 e. The summed E-state index contributed by atoms with van der Waals surface area (Å²) in [5, 5.41) is 2.76. The van der Waals surface area contributed by atoms with Crippen molar-refractivity contribution in [3.8, 4) is 17.2 Å². The Balaban J connectivity index is 1.36. The number of para-hydroxylation sites is 3. The molecule has 0 aliphatic rings. The van der Waals surface area contributed by atoms with Crippen molar-refractivity contribution in [1.82, 2.24) is 5.32 Å². The highest BCUT2D eigenvalue weighted by Crippen LogP contribution is 2.33. The monoisotopic (exact) mass is 534 g/mol. The third kappa shape index (κ3) is 7.57. The fraction of sp³-hybridized carbons (Fsp3) is 0.138. The Hall–Kier alpha value is -4.37. The molecule has 0 saturated carbocycles. The Morgan fingerprint density at radius 1 is 0.816 bits per heavy atom. The van der Waals surface area contributed by atoms with Crippen LogP contribution in [0.1, 0.15) is 11.1 Å². The summed E-state index contributed by atoms with van der Waals surface area (Å²) in [6, 6.07) is 28.9. The largest absolute Gasteiger partial charge is 0.489 e. The number of benzene rings is 4. The molecular formula is C29H27FN2O5S. The van der Waals surface area contributed by atoms with Crippen molar-refractivity contribution in [2.45, 2.75) is 13.2 Å². The number of anilines is 1. The number of ether oxygens (including phenoxy) is 2. The number of nitrogens with zero attached hydrogens (tertiary/aromatic N) is 1. The molecule has 0 unspecified atom stereocenters. The van der Waals surface area contributed by atoms with Crippen molar-refractivity contribution in [3.05, 3.63) is 120 Å². The first-order chi connectivity index (χ1) is 18.3. The fourth-order valence-electron chi connectivity index (χ4n) is 3.58. The lowest BCUT2D eigenvalue weighted by molar-refractivity contribution is -0.119. The lowest BCUT2D eigenvalue weighted by atomic mass is 10.2. The molecule has 0 spiro atoms. The van der Waals surface area contributed by atoms with Crippen LogP contribution in [0.5, 0.6) is 17.2 Å². The summed E-state index contributed by atoms with van der Waals surface area (Å²) < 4.78 is 50.9. The normalized spacial score (nSPS) is 11.0. The van der Waals surface area contributed by atoms with Crippen molar-refractivity contribution in [3.63, 3.8) is 0 Å². The van der Waals surface area contributed by atoms with Gasteiger partial charge in [-0.25, -0.2) is 12.8 Å². The highest BCUT2D eigenvalue weighted by Gasteiger charge is 2.24. The first kappa shape index (κ1) is 26.7. The van der Waals surface area contributed by atoms with E-state index in [4.69, 9.17) is 9.47 Å². The number of carbonyl (C=O) groups excluding carboxylic acids is 1. The Labute approximate surface area is 221 Å². The molecule has 4 aromatic rings. The van der Waals surface area contributed by atoms with Gasteiger partial charge in [-0.3, -0.25) is 9.10 Å². The smallest absolute Gasteiger partial charge is 0.241 e. The van der Waals surface area contributed by atoms with Crippen LogP contribution in [-0.2, 0) is 28.0 Å². The van der Waals surface area contributed by atoms with Gasteiger partial charge >= 0.3 is 0 Å². The van der Waals surface area contributed by atoms with E-state index >= 15 is 0 Å². The fourth-order valence-corrected chi connectivity index (χ4v) is 4.44. The van der Waals surface area contributed by atoms with Gasteiger partial charge in [-0.1, -0.05) is 54.6 Å². The second-order valence-electron chi connectivity index (χ2n) is 8.49. The van der Waals surface area contributed by atoms with E-state index in [2.05, 4.69) is 5.32 Å². The Morgan fingerprint density at radius 3 is 2.13 bits per heavy atom. The summed E-state index contributed by atoms with van der Waals surface area (Å²) in [6.07, 6.45) is 1.05. The number of sulfonamides is 1. The maximum atomic E-state index is 13.0. The molecule has 0 bridgehead atoms. The number of hydrogen-bond donors (Lipinski definition) is 1. The van der Waals surface area contributed by atoms with E-state index in [9.17, 15) is 17.6 Å². The summed E-state index contributed by atoms with van der Waals surface area (Å²) in [5.74, 6) is 0.713. The maximum absolute atomic E-state index is 13.0. The van der Waals surface area contributed by atoms with Gasteiger partial charge in [-0.2, -0.15) is 0 Å². The zero-order valence-corrected chi connectivity index (χ0v) is 21.5. The van der Waals surface area contributed by atoms with Crippen LogP contribution in [0.25, 0.3) is 0 Å². The van der Waals surface area contributed by atoms with Gasteiger partial charge < -0.3 is 14.8 Å². The molecule has 0 radical (unpaired) electrons. The van der Waals surface area contributed by atoms with E-state index in [0.29, 0.717) is 23.9 Å². The van der Waals surface area contributed by atoms with Crippen molar-refractivity contribution in [2.24, 2.45) is 0 Å². The zero-order valence-electron chi connectivity index (χ0n) is 20.7. The van der Waals surface area contributed by atoms with Crippen LogP contribution in [0.4, 0.5) is 10.1 Å². The van der Waals surface area contributed by atoms with E-state index in [1.54, 1.807) is 72.8 Å². The Morgan fingerprint density at radius 2 is 1.45 bits per heavy atom. The third-order valence-corrected chi connectivity index (χ3v) is 6.65. The van der Waals surface area contributed by atoms with E-state index in [0.717, 1.165) is 21.7 Å². The van der Waals surface area contributed by atoms with Crippen LogP contribution in [0.3, 0.4) is 0 Å². The predicted octanol–water partition coefficient (Wildman–Crippen LogP) is 5.28. The molecule has 38 heavy (non-hydrogen) atoms. The topological polar surface area (TPSA) is 84.9 Å². The third-order valence-electron chi connectivity index (χ3n) is 5.52. The average molecular weight is 535 g/mol. The van der Waals surface area contributed by atoms with Crippen LogP contribution in [-0.4, -0.2) is 27.1 Å². The highest BCUT2D eigenvalue weighted by molar-refractivity contribution is 7.92. The van der Waals surface area contributed by atoms with Gasteiger partial charge in [0.1, 0.15) is 30.5 Å². The van der Waals surface area contributed by atoms with Crippen LogP contribution in [0.2, 0.25) is 0 Å². The van der Waals surface area contributed by atoms with Crippen molar-refractivity contribution in [1.29, 1.82) is 0 Å². The summed E-state index contributed by atoms with van der Waals surface area (Å²) in [7, 11) is -3.79. The van der Waals surface area contributed by atoms with Crippen molar-refractivity contribution >= 4 is 21.6 Å². The molecule has 9 heteroatoms. The number of rotatable bonds is 11. The maximum Gasteiger partial charge on any atom is 0.241 e. The van der Waals surface area contributed by atoms with Gasteiger partial charge in [0, 0.05) is 6.54 Å². The van der Waals surface area contributed by atoms with E-state index in [1.165, 1.54) is 12.1 Å². The van der Waals surface area contributed by atoms with Crippen molar-refractivity contribution in [2.75, 3.05) is 17.1 Å². The highest BCUT2D eigenvalue weighted by atomic mass is 32.2. The molecule has 0 fully saturated rings. The molecule has 1 amide bonds. The van der Waals surface area contributed by atoms with Crippen LogP contribution in [0.15, 0.2) is 103 Å². The number of halogens is 1. The van der Waals surface area contributed by atoms with E-state index in [1.807, 2.05) is 18.2 Å². The SMILES string of the molecule is CS(=O)(=O)N(CC(=O)NCc1ccc(OCc2ccc(F)cc2)cc1)c1ccccc1Oc1ccccc1. The Kier molecular flexibility index (Phi) is 8.60. The van der Waals surface area contributed by atoms with Crippen molar-refractivity contribution < 1.29 is 27.1 Å². The molecule has 0 atom stereocenters. The average Bonchev–Trinajstić information content (AvgIpc) is 2.91. The molecule has 196 valence electrons. The number of carbonyl (C=O) groups is 1. The van der Waals surface area contributed by atoms with Gasteiger partial charge in [0.25, 0.3) is 0 Å². The lowest BCUT2D eigenvalue weighted by Gasteiger charge is -2.24. The number of hydrogen-bond acceptors (Lipinski definition) is 5. The molecule has 7 nitrogen and oxygen atoms in total. The quantitative estimate of drug-likeness (QED) is 0.283. The molecule has 4 aromatic carbocycles. The van der Waals surface area contributed by atoms with E-state index < -0.39 is 22.5 Å². The molecule has 0 aromatic heterocycles. The minimum absolute atomic E-state index is 0.205. The summed E-state index contributed by atoms with van der Waals surface area (Å²) in [4.78, 5) is 12.8. The van der Waals surface area contributed by atoms with Gasteiger partial charge in [-0.05, 0) is 59.7 Å². The lowest BCUT2D eigenvalue weighted by Crippen LogP contribution is -2.40. The zero-order chi connectivity index (χ0) is 27.0. The van der Waals surface area contributed by atoms with E-state index in [-0.39, 0.29) is 18.0 Å². The first-order valence-corrected chi connectivity index (χ1v) is 13.7. The number of nitrogens with one attached hydrogen (secondary N) is 1. The standard InChI is InChI=1S/C29H27FN2O5S/c1-38(34,35)32(27-9-5-6-10-28(27)37-26-7-3-2-4-8-26)20-29(33)31-19-22-13-17-25(18-14-22)36-21-23-11-15-24(30)16-12-23/h2-18H,19-21H2,1H3,(H,31,33). The van der Waals surface area contributed by atoms with Crippen LogP contribution in [0, 0.1) is 5.82 Å². The predicted molar refractivity (Wildman–Crippen MR) is 144 cm³/mol. The minimum atomic E-state index is -3.79. The second kappa shape index (κ2) is 12.2. The summed E-state index contributed by atoms with van der Waals surface area (Å²) in [5.41, 5.74) is 1.91. The van der Waals surface area contributed by atoms with Gasteiger partial charge in [-0.15, -0.1) is 0 Å². The molecule has 0 aliphatic carbocycles. The summed E-state index contributed by atoms with van der Waals surface area (Å²) in [6.45, 7) is 0.0941. The molecule has 1 N–H and O–H groups in total. The van der Waals surface area contributed by atoms with Crippen LogP contribution < -0.4 is 19.1 Å². The first-order valence-electron chi connectivity index (χ1n) is 11.8. The molecular weight excluding hydrogens is 507 g/mol. The molecule has 0 heterocycles.